The third kappa shape index (κ3) is 7.67. The summed E-state index contributed by atoms with van der Waals surface area (Å²) in [5, 5.41) is 3.18. The number of carbonyl (C=O) groups excluding carboxylic acids is 3. The Morgan fingerprint density at radius 2 is 1.76 bits per heavy atom. The van der Waals surface area contributed by atoms with Crippen molar-refractivity contribution in [3.05, 3.63) is 34.9 Å². The van der Waals surface area contributed by atoms with E-state index in [1.807, 2.05) is 29.2 Å². The summed E-state index contributed by atoms with van der Waals surface area (Å²) in [4.78, 5) is 42.9. The number of esters is 1. The average Bonchev–Trinajstić information content (AvgIpc) is 3.73. The van der Waals surface area contributed by atoms with Crippen LogP contribution in [-0.2, 0) is 30.3 Å². The first kappa shape index (κ1) is 33.1. The van der Waals surface area contributed by atoms with Crippen molar-refractivity contribution in [3.63, 3.8) is 0 Å². The van der Waals surface area contributed by atoms with Crippen LogP contribution in [0.25, 0.3) is 6.08 Å². The number of nitrogens with zero attached hydrogens (tertiary/aromatic N) is 1. The molecule has 1 aromatic carbocycles. The highest BCUT2D eigenvalue weighted by Gasteiger charge is 2.47. The van der Waals surface area contributed by atoms with Crippen LogP contribution < -0.4 is 11.1 Å². The molecule has 0 spiro atoms. The van der Waals surface area contributed by atoms with Crippen LogP contribution in [-0.4, -0.2) is 67.8 Å². The quantitative estimate of drug-likeness (QED) is 0.313. The normalized spacial score (nSPS) is 28.0. The van der Waals surface area contributed by atoms with Crippen LogP contribution in [0.4, 0.5) is 10.1 Å². The summed E-state index contributed by atoms with van der Waals surface area (Å²) in [7, 11) is 0. The number of amides is 2. The van der Waals surface area contributed by atoms with Crippen LogP contribution in [0.3, 0.4) is 0 Å². The number of anilines is 1. The van der Waals surface area contributed by atoms with Gasteiger partial charge in [-0.15, -0.1) is 0 Å². The van der Waals surface area contributed by atoms with Gasteiger partial charge in [-0.25, -0.2) is 4.79 Å². The van der Waals surface area contributed by atoms with Crippen molar-refractivity contribution >= 4 is 29.5 Å². The molecule has 2 aliphatic heterocycles. The Labute approximate surface area is 273 Å². The minimum atomic E-state index is -0.485. The highest BCUT2D eigenvalue weighted by molar-refractivity contribution is 6.00. The molecule has 3 atom stereocenters. The van der Waals surface area contributed by atoms with Crippen LogP contribution >= 0.6 is 0 Å². The lowest BCUT2D eigenvalue weighted by atomic mass is 9.76. The van der Waals surface area contributed by atoms with Gasteiger partial charge in [0, 0.05) is 49.4 Å². The number of rotatable bonds is 10. The van der Waals surface area contributed by atoms with Gasteiger partial charge >= 0.3 is 5.97 Å². The molecule has 0 bridgehead atoms. The van der Waals surface area contributed by atoms with Crippen molar-refractivity contribution in [2.75, 3.05) is 38.4 Å². The third-order valence-electron chi connectivity index (χ3n) is 11.6. The van der Waals surface area contributed by atoms with E-state index in [1.165, 1.54) is 19.3 Å². The van der Waals surface area contributed by atoms with Crippen LogP contribution in [0.15, 0.2) is 23.8 Å². The molecule has 2 saturated heterocycles. The number of alkyl halides is 1. The van der Waals surface area contributed by atoms with E-state index in [1.54, 1.807) is 0 Å². The maximum absolute atomic E-state index is 14.1. The molecule has 9 heteroatoms. The Morgan fingerprint density at radius 3 is 2.50 bits per heavy atom. The largest absolute Gasteiger partial charge is 0.462 e. The van der Waals surface area contributed by atoms with Crippen LogP contribution in [0.1, 0.15) is 94.6 Å². The Bertz CT molecular complexity index is 1270. The smallest absolute Gasteiger partial charge is 0.334 e. The average molecular weight is 638 g/mol. The molecule has 2 saturated carbocycles. The number of ether oxygens (including phenoxy) is 2. The predicted octanol–water partition coefficient (Wildman–Crippen LogP) is 5.83. The van der Waals surface area contributed by atoms with E-state index in [2.05, 4.69) is 5.32 Å². The van der Waals surface area contributed by atoms with Crippen LogP contribution in [0.2, 0.25) is 0 Å². The molecule has 252 valence electrons. The van der Waals surface area contributed by atoms with Crippen LogP contribution in [0.5, 0.6) is 0 Å². The molecule has 0 aromatic heterocycles. The molecular weight excluding hydrogens is 585 g/mol. The van der Waals surface area contributed by atoms with Crippen molar-refractivity contribution in [1.82, 2.24) is 4.90 Å². The van der Waals surface area contributed by atoms with Gasteiger partial charge in [0.25, 0.3) is 0 Å². The molecular formula is C37H52FN3O5. The summed E-state index contributed by atoms with van der Waals surface area (Å²) >= 11 is 0. The maximum atomic E-state index is 14.1. The fraction of sp³-hybridized carbons (Fsp3) is 0.703. The van der Waals surface area contributed by atoms with E-state index in [0.29, 0.717) is 49.1 Å². The number of nitrogens with one attached hydrogen (secondary N) is 1. The Kier molecular flexibility index (Phi) is 11.1. The predicted molar refractivity (Wildman–Crippen MR) is 175 cm³/mol. The molecule has 0 unspecified atom stereocenters. The first-order valence-electron chi connectivity index (χ1n) is 17.9. The van der Waals surface area contributed by atoms with Gasteiger partial charge in [0.1, 0.15) is 6.04 Å². The zero-order valence-corrected chi connectivity index (χ0v) is 27.2. The highest BCUT2D eigenvalue weighted by Crippen LogP contribution is 2.41. The number of fused-ring (bicyclic) bond motifs is 1. The first-order valence-corrected chi connectivity index (χ1v) is 17.9. The first-order chi connectivity index (χ1) is 22.4. The number of carbonyl (C=O) groups is 3. The van der Waals surface area contributed by atoms with E-state index in [0.717, 1.165) is 82.1 Å². The Morgan fingerprint density at radius 1 is 1.00 bits per heavy atom. The molecule has 1 aromatic rings. The number of hydrogen-bond donors (Lipinski definition) is 2. The lowest BCUT2D eigenvalue weighted by molar-refractivity contribution is -0.142. The minimum Gasteiger partial charge on any atom is -0.462 e. The van der Waals surface area contributed by atoms with Crippen molar-refractivity contribution in [1.29, 1.82) is 0 Å². The standard InChI is InChI=1S/C37H52FN3O5/c38-16-12-33(39)26-6-8-27(9-7-26)36(43)41-17-13-32(25-4-2-1-3-5-25)34(41)35(42)40-31-11-10-28-20-30(21-29(28)22-31)37(44)46-23-24-14-18-45-19-15-24/h10-11,21-22,24-27,32-34H,1-9,12-20,23,39H2,(H,40,42)/t26-,27-,32-,33+,34-/m0/s1. The summed E-state index contributed by atoms with van der Waals surface area (Å²) in [5.41, 5.74) is 9.49. The molecule has 2 amide bonds. The number of halogens is 1. The molecule has 2 heterocycles. The molecule has 3 aliphatic carbocycles. The van der Waals surface area contributed by atoms with E-state index in [9.17, 15) is 18.8 Å². The van der Waals surface area contributed by atoms with Gasteiger partial charge in [0.05, 0.1) is 13.3 Å². The summed E-state index contributed by atoms with van der Waals surface area (Å²) < 4.78 is 23.9. The number of benzene rings is 1. The molecule has 46 heavy (non-hydrogen) atoms. The number of likely N-dealkylation sites (tertiary alicyclic amines) is 1. The van der Waals surface area contributed by atoms with Gasteiger partial charge in [0.2, 0.25) is 11.8 Å². The second kappa shape index (κ2) is 15.4. The summed E-state index contributed by atoms with van der Waals surface area (Å²) in [5.74, 6) is 0.820. The van der Waals surface area contributed by atoms with E-state index in [4.69, 9.17) is 15.2 Å². The topological polar surface area (TPSA) is 111 Å². The van der Waals surface area contributed by atoms with E-state index >= 15 is 0 Å². The summed E-state index contributed by atoms with van der Waals surface area (Å²) in [6.07, 6.45) is 14.5. The molecule has 8 nitrogen and oxygen atoms in total. The van der Waals surface area contributed by atoms with Gasteiger partial charge in [-0.3, -0.25) is 14.0 Å². The summed E-state index contributed by atoms with van der Waals surface area (Å²) in [6.45, 7) is 2.07. The lowest BCUT2D eigenvalue weighted by Crippen LogP contribution is -2.50. The Hall–Kier alpha value is -2.78. The van der Waals surface area contributed by atoms with Crippen LogP contribution in [0, 0.1) is 29.6 Å². The molecule has 0 radical (unpaired) electrons. The van der Waals surface area contributed by atoms with Crippen molar-refractivity contribution < 1.29 is 28.2 Å². The van der Waals surface area contributed by atoms with Gasteiger partial charge in [-0.2, -0.15) is 0 Å². The molecule has 4 fully saturated rings. The zero-order valence-electron chi connectivity index (χ0n) is 27.2. The SMILES string of the molecule is N[C@H](CCF)[C@H]1CC[C@H](C(=O)N2CC[C@@H](C3CCCCC3)[C@H]2C(=O)Nc2ccc3c(c2)C=C(C(=O)OCC2CCOCC2)C3)CC1. The molecule has 3 N–H and O–H groups in total. The minimum absolute atomic E-state index is 0.0942. The summed E-state index contributed by atoms with van der Waals surface area (Å²) in [6, 6.07) is 5.18. The number of hydrogen-bond acceptors (Lipinski definition) is 6. The fourth-order valence-corrected chi connectivity index (χ4v) is 8.80. The lowest BCUT2D eigenvalue weighted by Gasteiger charge is -2.37. The zero-order chi connectivity index (χ0) is 32.0. The van der Waals surface area contributed by atoms with E-state index < -0.39 is 12.7 Å². The Balaban J connectivity index is 1.12. The monoisotopic (exact) mass is 637 g/mol. The van der Waals surface area contributed by atoms with Crippen molar-refractivity contribution in [3.8, 4) is 0 Å². The highest BCUT2D eigenvalue weighted by atomic mass is 19.1. The molecule has 6 rings (SSSR count). The molecule has 5 aliphatic rings. The van der Waals surface area contributed by atoms with Crippen molar-refractivity contribution in [2.45, 2.75) is 102 Å². The third-order valence-corrected chi connectivity index (χ3v) is 11.6. The maximum Gasteiger partial charge on any atom is 0.334 e. The van der Waals surface area contributed by atoms with Crippen molar-refractivity contribution in [2.24, 2.45) is 35.3 Å². The second-order valence-electron chi connectivity index (χ2n) is 14.5. The van der Waals surface area contributed by atoms with Gasteiger partial charge in [0.15, 0.2) is 0 Å². The van der Waals surface area contributed by atoms with E-state index in [-0.39, 0.29) is 41.6 Å². The number of nitrogens with two attached hydrogens (primary N) is 1. The van der Waals surface area contributed by atoms with Gasteiger partial charge in [-0.05, 0) is 104 Å². The fourth-order valence-electron chi connectivity index (χ4n) is 8.80. The second-order valence-corrected chi connectivity index (χ2v) is 14.5. The van der Waals surface area contributed by atoms with Gasteiger partial charge in [-0.1, -0.05) is 38.2 Å². The van der Waals surface area contributed by atoms with Gasteiger partial charge < -0.3 is 25.4 Å².